The maximum absolute atomic E-state index is 13.4. The first-order valence-electron chi connectivity index (χ1n) is 5.20. The van der Waals surface area contributed by atoms with Crippen LogP contribution in [0, 0.1) is 25.1 Å². The molecule has 0 aliphatic carbocycles. The minimum Gasteiger partial charge on any atom is -0.480 e. The second-order valence-electron chi connectivity index (χ2n) is 3.78. The zero-order valence-corrected chi connectivity index (χ0v) is 10.9. The highest BCUT2D eigenvalue weighted by atomic mass is 32.2. The number of aryl methyl sites for hydroxylation is 1. The predicted molar refractivity (Wildman–Crippen MR) is 66.4 cm³/mol. The summed E-state index contributed by atoms with van der Waals surface area (Å²) in [4.78, 5) is 10.3. The van der Waals surface area contributed by atoms with Crippen LogP contribution in [0.15, 0.2) is 23.1 Å². The third-order valence-electron chi connectivity index (χ3n) is 2.36. The van der Waals surface area contributed by atoms with Crippen LogP contribution in [0.2, 0.25) is 0 Å². The van der Waals surface area contributed by atoms with Gasteiger partial charge in [0.1, 0.15) is 12.4 Å². The molecule has 102 valence electrons. The number of carbonyl (C=O) groups is 1. The van der Waals surface area contributed by atoms with Gasteiger partial charge in [0.25, 0.3) is 0 Å². The van der Waals surface area contributed by atoms with Crippen LogP contribution in [0.3, 0.4) is 0 Å². The molecule has 7 heteroatoms. The molecule has 1 aromatic rings. The van der Waals surface area contributed by atoms with Gasteiger partial charge in [-0.1, -0.05) is 12.0 Å². The summed E-state index contributed by atoms with van der Waals surface area (Å²) in [7, 11) is -4.13. The maximum atomic E-state index is 13.4. The summed E-state index contributed by atoms with van der Waals surface area (Å²) in [5, 5.41) is 8.67. The number of rotatable bonds is 5. The Morgan fingerprint density at radius 2 is 2.16 bits per heavy atom. The molecule has 0 unspecified atom stereocenters. The van der Waals surface area contributed by atoms with E-state index in [0.717, 1.165) is 6.07 Å². The molecule has 1 N–H and O–H groups in total. The predicted octanol–water partition coefficient (Wildman–Crippen LogP) is 0.843. The van der Waals surface area contributed by atoms with Gasteiger partial charge in [0.15, 0.2) is 0 Å². The number of nitrogens with zero attached hydrogens (tertiary/aromatic N) is 1. The lowest BCUT2D eigenvalue weighted by molar-refractivity contribution is -0.137. The summed E-state index contributed by atoms with van der Waals surface area (Å²) in [6, 6.07) is 3.35. The van der Waals surface area contributed by atoms with Gasteiger partial charge in [0.2, 0.25) is 10.0 Å². The number of carboxylic acids is 1. The van der Waals surface area contributed by atoms with Crippen LogP contribution >= 0.6 is 0 Å². The van der Waals surface area contributed by atoms with Gasteiger partial charge in [-0.15, -0.1) is 6.42 Å². The lowest BCUT2D eigenvalue weighted by Crippen LogP contribution is -2.36. The summed E-state index contributed by atoms with van der Waals surface area (Å²) in [5.41, 5.74) is 0.292. The zero-order valence-electron chi connectivity index (χ0n) is 10.1. The lowest BCUT2D eigenvalue weighted by Gasteiger charge is -2.17. The molecule has 0 saturated carbocycles. The fourth-order valence-corrected chi connectivity index (χ4v) is 2.68. The first-order chi connectivity index (χ1) is 8.78. The molecule has 1 rings (SSSR count). The van der Waals surface area contributed by atoms with Crippen LogP contribution in [-0.2, 0) is 14.8 Å². The van der Waals surface area contributed by atoms with Crippen molar-refractivity contribution in [2.24, 2.45) is 0 Å². The molecule has 0 aliphatic heterocycles. The average Bonchev–Trinajstić information content (AvgIpc) is 2.31. The molecule has 0 aromatic heterocycles. The number of hydrogen-bond acceptors (Lipinski definition) is 3. The fourth-order valence-electron chi connectivity index (χ4n) is 1.36. The molecule has 0 fully saturated rings. The first kappa shape index (κ1) is 15.1. The Hall–Kier alpha value is -1.91. The van der Waals surface area contributed by atoms with E-state index in [2.05, 4.69) is 5.92 Å². The highest BCUT2D eigenvalue weighted by molar-refractivity contribution is 7.89. The number of hydrogen-bond donors (Lipinski definition) is 1. The van der Waals surface area contributed by atoms with Crippen molar-refractivity contribution in [1.82, 2.24) is 4.31 Å². The molecule has 0 spiro atoms. The van der Waals surface area contributed by atoms with E-state index in [1.165, 1.54) is 19.1 Å². The van der Waals surface area contributed by atoms with E-state index in [-0.39, 0.29) is 4.90 Å². The zero-order chi connectivity index (χ0) is 14.6. The summed E-state index contributed by atoms with van der Waals surface area (Å²) < 4.78 is 38.2. The number of benzene rings is 1. The molecule has 0 bridgehead atoms. The number of terminal acetylenes is 1. The van der Waals surface area contributed by atoms with Crippen molar-refractivity contribution >= 4 is 16.0 Å². The van der Waals surface area contributed by atoms with E-state index < -0.39 is 34.9 Å². The van der Waals surface area contributed by atoms with Crippen LogP contribution in [0.25, 0.3) is 0 Å². The topological polar surface area (TPSA) is 74.7 Å². The van der Waals surface area contributed by atoms with Crippen molar-refractivity contribution in [3.63, 3.8) is 0 Å². The van der Waals surface area contributed by atoms with Gasteiger partial charge in [0.05, 0.1) is 11.4 Å². The van der Waals surface area contributed by atoms with Crippen molar-refractivity contribution in [2.75, 3.05) is 13.1 Å². The standard InChI is InChI=1S/C12H12FNO4S/c1-3-6-14(8-12(15)16)19(17,18)10-5-4-9(2)11(13)7-10/h1,4-5,7H,6,8H2,2H3,(H,15,16). The highest BCUT2D eigenvalue weighted by Gasteiger charge is 2.26. The van der Waals surface area contributed by atoms with Gasteiger partial charge < -0.3 is 5.11 Å². The minimum atomic E-state index is -4.13. The molecular weight excluding hydrogens is 273 g/mol. The second kappa shape index (κ2) is 5.82. The molecule has 0 amide bonds. The van der Waals surface area contributed by atoms with Gasteiger partial charge in [-0.2, -0.15) is 4.31 Å². The van der Waals surface area contributed by atoms with Crippen LogP contribution in [-0.4, -0.2) is 36.9 Å². The summed E-state index contributed by atoms with van der Waals surface area (Å²) in [6.07, 6.45) is 5.01. The van der Waals surface area contributed by atoms with Crippen LogP contribution in [0.1, 0.15) is 5.56 Å². The molecular formula is C12H12FNO4S. The Bertz CT molecular complexity index is 634. The smallest absolute Gasteiger partial charge is 0.318 e. The Balaban J connectivity index is 3.22. The number of halogens is 1. The van der Waals surface area contributed by atoms with E-state index in [9.17, 15) is 17.6 Å². The Kier molecular flexibility index (Phi) is 4.64. The van der Waals surface area contributed by atoms with E-state index in [0.29, 0.717) is 9.87 Å². The number of aliphatic carboxylic acids is 1. The maximum Gasteiger partial charge on any atom is 0.318 e. The lowest BCUT2D eigenvalue weighted by atomic mass is 10.2. The van der Waals surface area contributed by atoms with E-state index in [1.54, 1.807) is 0 Å². The van der Waals surface area contributed by atoms with Gasteiger partial charge in [-0.25, -0.2) is 12.8 Å². The second-order valence-corrected chi connectivity index (χ2v) is 5.72. The quantitative estimate of drug-likeness (QED) is 0.814. The minimum absolute atomic E-state index is 0.292. The van der Waals surface area contributed by atoms with Gasteiger partial charge in [-0.05, 0) is 24.6 Å². The Morgan fingerprint density at radius 3 is 2.63 bits per heavy atom. The molecule has 0 saturated heterocycles. The Labute approximate surface area is 110 Å². The average molecular weight is 285 g/mol. The van der Waals surface area contributed by atoms with Gasteiger partial charge in [0, 0.05) is 0 Å². The summed E-state index contributed by atoms with van der Waals surface area (Å²) in [5.74, 6) is 0.0401. The molecule has 1 aromatic carbocycles. The molecule has 5 nitrogen and oxygen atoms in total. The molecule has 0 atom stereocenters. The SMILES string of the molecule is C#CCN(CC(=O)O)S(=O)(=O)c1ccc(C)c(F)c1. The van der Waals surface area contributed by atoms with Crippen molar-refractivity contribution in [1.29, 1.82) is 0 Å². The van der Waals surface area contributed by atoms with E-state index in [4.69, 9.17) is 11.5 Å². The fraction of sp³-hybridized carbons (Fsp3) is 0.250. The normalized spacial score (nSPS) is 11.3. The van der Waals surface area contributed by atoms with E-state index in [1.807, 2.05) is 0 Å². The van der Waals surface area contributed by atoms with Gasteiger partial charge in [-0.3, -0.25) is 4.79 Å². The summed E-state index contributed by atoms with van der Waals surface area (Å²) in [6.45, 7) is 0.314. The highest BCUT2D eigenvalue weighted by Crippen LogP contribution is 2.18. The molecule has 19 heavy (non-hydrogen) atoms. The summed E-state index contributed by atoms with van der Waals surface area (Å²) >= 11 is 0. The van der Waals surface area contributed by atoms with Gasteiger partial charge >= 0.3 is 5.97 Å². The van der Waals surface area contributed by atoms with Crippen molar-refractivity contribution in [2.45, 2.75) is 11.8 Å². The Morgan fingerprint density at radius 1 is 1.53 bits per heavy atom. The first-order valence-corrected chi connectivity index (χ1v) is 6.64. The third kappa shape index (κ3) is 3.53. The molecule has 0 aliphatic rings. The van der Waals surface area contributed by atoms with Crippen molar-refractivity contribution in [3.05, 3.63) is 29.6 Å². The van der Waals surface area contributed by atoms with Crippen molar-refractivity contribution < 1.29 is 22.7 Å². The van der Waals surface area contributed by atoms with Crippen LogP contribution in [0.4, 0.5) is 4.39 Å². The molecule has 0 heterocycles. The van der Waals surface area contributed by atoms with Crippen molar-refractivity contribution in [3.8, 4) is 12.3 Å². The largest absolute Gasteiger partial charge is 0.480 e. The molecule has 0 radical (unpaired) electrons. The van der Waals surface area contributed by atoms with Crippen LogP contribution in [0.5, 0.6) is 0 Å². The van der Waals surface area contributed by atoms with Crippen LogP contribution < -0.4 is 0 Å². The monoisotopic (exact) mass is 285 g/mol. The number of sulfonamides is 1. The number of carboxylic acid groups (broad SMARTS) is 1. The van der Waals surface area contributed by atoms with E-state index >= 15 is 0 Å². The third-order valence-corrected chi connectivity index (χ3v) is 4.15.